The third-order valence-electron chi connectivity index (χ3n) is 2.65. The van der Waals surface area contributed by atoms with Gasteiger partial charge in [0.05, 0.1) is 11.3 Å². The van der Waals surface area contributed by atoms with Gasteiger partial charge in [0.2, 0.25) is 0 Å². The molecule has 19 heavy (non-hydrogen) atoms. The first-order chi connectivity index (χ1) is 9.16. The van der Waals surface area contributed by atoms with E-state index >= 15 is 0 Å². The number of carbonyl (C=O) groups excluding carboxylic acids is 1. The average Bonchev–Trinajstić information content (AvgIpc) is 2.46. The summed E-state index contributed by atoms with van der Waals surface area (Å²) in [5, 5.41) is 0. The Kier molecular flexibility index (Phi) is 4.03. The van der Waals surface area contributed by atoms with Crippen LogP contribution in [-0.4, -0.2) is 20.1 Å². The first kappa shape index (κ1) is 13.0. The van der Waals surface area contributed by atoms with E-state index in [0.29, 0.717) is 5.56 Å². The molecule has 0 atom stereocenters. The first-order valence-electron chi connectivity index (χ1n) is 5.96. The molecule has 4 heteroatoms. The van der Waals surface area contributed by atoms with Crippen LogP contribution >= 0.6 is 0 Å². The van der Waals surface area contributed by atoms with E-state index in [4.69, 9.17) is 4.84 Å². The zero-order valence-corrected chi connectivity index (χ0v) is 11.0. The number of para-hydroxylation sites is 1. The number of carbonyl (C=O) groups is 1. The van der Waals surface area contributed by atoms with E-state index in [1.54, 1.807) is 12.1 Å². The summed E-state index contributed by atoms with van der Waals surface area (Å²) in [5.74, 6) is -0.408. The van der Waals surface area contributed by atoms with Crippen LogP contribution in [0.5, 0.6) is 0 Å². The molecule has 0 unspecified atom stereocenters. The fourth-order valence-corrected chi connectivity index (χ4v) is 1.57. The van der Waals surface area contributed by atoms with Crippen LogP contribution in [0.3, 0.4) is 0 Å². The van der Waals surface area contributed by atoms with E-state index in [1.165, 1.54) is 0 Å². The van der Waals surface area contributed by atoms with Crippen LogP contribution in [0.1, 0.15) is 10.4 Å². The van der Waals surface area contributed by atoms with Gasteiger partial charge in [-0.2, -0.15) is 0 Å². The van der Waals surface area contributed by atoms with Gasteiger partial charge in [-0.15, -0.1) is 0 Å². The van der Waals surface area contributed by atoms with Gasteiger partial charge in [0.15, 0.2) is 0 Å². The second kappa shape index (κ2) is 5.91. The molecular formula is C15H16N2O2. The van der Waals surface area contributed by atoms with Crippen LogP contribution in [0.25, 0.3) is 0 Å². The highest BCUT2D eigenvalue weighted by atomic mass is 16.7. The Hall–Kier alpha value is -2.49. The molecule has 0 amide bonds. The summed E-state index contributed by atoms with van der Waals surface area (Å²) < 4.78 is 0. The second-order valence-corrected chi connectivity index (χ2v) is 4.30. The Bertz CT molecular complexity index is 536. The predicted octanol–water partition coefficient (Wildman–Crippen LogP) is 2.94. The van der Waals surface area contributed by atoms with Crippen molar-refractivity contribution in [3.05, 3.63) is 60.2 Å². The van der Waals surface area contributed by atoms with E-state index in [2.05, 4.69) is 5.48 Å². The molecule has 0 aliphatic carbocycles. The molecule has 0 spiro atoms. The maximum atomic E-state index is 11.8. The summed E-state index contributed by atoms with van der Waals surface area (Å²) in [6.07, 6.45) is 0. The van der Waals surface area contributed by atoms with Gasteiger partial charge in [-0.3, -0.25) is 0 Å². The van der Waals surface area contributed by atoms with Crippen LogP contribution in [0.2, 0.25) is 0 Å². The zero-order chi connectivity index (χ0) is 13.7. The molecule has 0 radical (unpaired) electrons. The highest BCUT2D eigenvalue weighted by Crippen LogP contribution is 2.13. The molecule has 1 N–H and O–H groups in total. The van der Waals surface area contributed by atoms with Gasteiger partial charge in [0, 0.05) is 19.8 Å². The molecule has 0 aromatic heterocycles. The third kappa shape index (κ3) is 3.48. The quantitative estimate of drug-likeness (QED) is 0.854. The minimum Gasteiger partial charge on any atom is -0.378 e. The minimum atomic E-state index is -0.408. The Morgan fingerprint density at radius 1 is 1.00 bits per heavy atom. The van der Waals surface area contributed by atoms with Crippen molar-refractivity contribution in [2.24, 2.45) is 0 Å². The molecule has 4 nitrogen and oxygen atoms in total. The number of hydrogen-bond donors (Lipinski definition) is 1. The van der Waals surface area contributed by atoms with Gasteiger partial charge in [0.1, 0.15) is 0 Å². The SMILES string of the molecule is CN(C)c1ccc(C(=O)ONc2ccccc2)cc1. The van der Waals surface area contributed by atoms with Crippen LogP contribution in [-0.2, 0) is 4.84 Å². The average molecular weight is 256 g/mol. The second-order valence-electron chi connectivity index (χ2n) is 4.30. The number of rotatable bonds is 4. The summed E-state index contributed by atoms with van der Waals surface area (Å²) in [4.78, 5) is 18.8. The standard InChI is InChI=1S/C15H16N2O2/c1-17(2)14-10-8-12(9-11-14)15(18)19-16-13-6-4-3-5-7-13/h3-11,16H,1-2H3. The van der Waals surface area contributed by atoms with E-state index in [0.717, 1.165) is 11.4 Å². The molecule has 0 saturated carbocycles. The van der Waals surface area contributed by atoms with E-state index < -0.39 is 5.97 Å². The molecule has 2 aromatic rings. The summed E-state index contributed by atoms with van der Waals surface area (Å²) in [6, 6.07) is 16.5. The molecule has 2 aromatic carbocycles. The van der Waals surface area contributed by atoms with Gasteiger partial charge in [0.25, 0.3) is 0 Å². The molecule has 0 aliphatic rings. The topological polar surface area (TPSA) is 41.6 Å². The third-order valence-corrected chi connectivity index (χ3v) is 2.65. The molecule has 0 heterocycles. The fourth-order valence-electron chi connectivity index (χ4n) is 1.57. The summed E-state index contributed by atoms with van der Waals surface area (Å²) in [5.41, 5.74) is 4.90. The van der Waals surface area contributed by atoms with Gasteiger partial charge < -0.3 is 9.74 Å². The largest absolute Gasteiger partial charge is 0.378 e. The van der Waals surface area contributed by atoms with E-state index in [9.17, 15) is 4.79 Å². The fraction of sp³-hybridized carbons (Fsp3) is 0.133. The molecule has 2 rings (SSSR count). The molecule has 0 saturated heterocycles. The van der Waals surface area contributed by atoms with Crippen molar-refractivity contribution in [1.29, 1.82) is 0 Å². The van der Waals surface area contributed by atoms with Crippen molar-refractivity contribution in [2.75, 3.05) is 24.5 Å². The van der Waals surface area contributed by atoms with Crippen LogP contribution in [0.15, 0.2) is 54.6 Å². The Balaban J connectivity index is 1.96. The summed E-state index contributed by atoms with van der Waals surface area (Å²) in [7, 11) is 3.90. The molecule has 0 bridgehead atoms. The van der Waals surface area contributed by atoms with Gasteiger partial charge >= 0.3 is 5.97 Å². The van der Waals surface area contributed by atoms with Crippen molar-refractivity contribution in [2.45, 2.75) is 0 Å². The Morgan fingerprint density at radius 2 is 1.63 bits per heavy atom. The van der Waals surface area contributed by atoms with Crippen molar-refractivity contribution in [3.8, 4) is 0 Å². The highest BCUT2D eigenvalue weighted by Gasteiger charge is 2.07. The monoisotopic (exact) mass is 256 g/mol. The van der Waals surface area contributed by atoms with Crippen molar-refractivity contribution in [3.63, 3.8) is 0 Å². The number of anilines is 2. The molecular weight excluding hydrogens is 240 g/mol. The van der Waals surface area contributed by atoms with Crippen molar-refractivity contribution >= 4 is 17.3 Å². The number of hydrogen-bond acceptors (Lipinski definition) is 4. The highest BCUT2D eigenvalue weighted by molar-refractivity contribution is 5.90. The molecule has 0 fully saturated rings. The number of benzene rings is 2. The summed E-state index contributed by atoms with van der Waals surface area (Å²) >= 11 is 0. The lowest BCUT2D eigenvalue weighted by molar-refractivity contribution is 0.0596. The van der Waals surface area contributed by atoms with Gasteiger partial charge in [-0.25, -0.2) is 10.3 Å². The lowest BCUT2D eigenvalue weighted by atomic mass is 10.2. The van der Waals surface area contributed by atoms with Crippen molar-refractivity contribution < 1.29 is 9.63 Å². The first-order valence-corrected chi connectivity index (χ1v) is 5.96. The minimum absolute atomic E-state index is 0.408. The van der Waals surface area contributed by atoms with E-state index in [-0.39, 0.29) is 0 Å². The van der Waals surface area contributed by atoms with Crippen LogP contribution < -0.4 is 10.4 Å². The maximum Gasteiger partial charge on any atom is 0.362 e. The lowest BCUT2D eigenvalue weighted by Gasteiger charge is -2.12. The Morgan fingerprint density at radius 3 is 2.21 bits per heavy atom. The predicted molar refractivity (Wildman–Crippen MR) is 76.2 cm³/mol. The maximum absolute atomic E-state index is 11.8. The van der Waals surface area contributed by atoms with Crippen LogP contribution in [0.4, 0.5) is 11.4 Å². The zero-order valence-electron chi connectivity index (χ0n) is 11.0. The smallest absolute Gasteiger partial charge is 0.362 e. The molecule has 0 aliphatic heterocycles. The normalized spacial score (nSPS) is 9.79. The lowest BCUT2D eigenvalue weighted by Crippen LogP contribution is -2.12. The summed E-state index contributed by atoms with van der Waals surface area (Å²) in [6.45, 7) is 0. The van der Waals surface area contributed by atoms with E-state index in [1.807, 2.05) is 61.5 Å². The van der Waals surface area contributed by atoms with Gasteiger partial charge in [-0.05, 0) is 36.4 Å². The number of nitrogens with zero attached hydrogens (tertiary/aromatic N) is 1. The Labute approximate surface area is 112 Å². The number of nitrogens with one attached hydrogen (secondary N) is 1. The van der Waals surface area contributed by atoms with Crippen LogP contribution in [0, 0.1) is 0 Å². The van der Waals surface area contributed by atoms with Crippen molar-refractivity contribution in [1.82, 2.24) is 0 Å². The molecule has 98 valence electrons. The van der Waals surface area contributed by atoms with Gasteiger partial charge in [-0.1, -0.05) is 18.2 Å².